The lowest BCUT2D eigenvalue weighted by Crippen LogP contribution is -2.39. The number of rotatable bonds is 3. The minimum Gasteiger partial charge on any atom is -0.479 e. The molecule has 0 aliphatic heterocycles. The van der Waals surface area contributed by atoms with Crippen molar-refractivity contribution < 1.29 is 27.8 Å². The molecule has 0 bridgehead atoms. The van der Waals surface area contributed by atoms with Crippen LogP contribution in [0, 0.1) is 5.41 Å². The predicted octanol–water partition coefficient (Wildman–Crippen LogP) is 2.06. The van der Waals surface area contributed by atoms with E-state index >= 15 is 0 Å². The molecule has 0 fully saturated rings. The lowest BCUT2D eigenvalue weighted by atomic mass is 9.89. The van der Waals surface area contributed by atoms with Crippen LogP contribution >= 0.6 is 0 Å². The van der Waals surface area contributed by atoms with Gasteiger partial charge in [-0.2, -0.15) is 13.2 Å². The molecule has 0 heterocycles. The van der Waals surface area contributed by atoms with Gasteiger partial charge in [0.15, 0.2) is 6.10 Å². The summed E-state index contributed by atoms with van der Waals surface area (Å²) in [7, 11) is 0. The fraction of sp³-hybridized carbons (Fsp3) is 0.875. The van der Waals surface area contributed by atoms with Gasteiger partial charge in [0.1, 0.15) is 6.61 Å². The summed E-state index contributed by atoms with van der Waals surface area (Å²) < 4.78 is 39.6. The van der Waals surface area contributed by atoms with Crippen LogP contribution in [0.1, 0.15) is 20.8 Å². The summed E-state index contributed by atoms with van der Waals surface area (Å²) in [5.41, 5.74) is -0.864. The third-order valence-corrected chi connectivity index (χ3v) is 1.42. The first-order valence-corrected chi connectivity index (χ1v) is 3.95. The van der Waals surface area contributed by atoms with Gasteiger partial charge in [-0.05, 0) is 5.41 Å². The lowest BCUT2D eigenvalue weighted by molar-refractivity contribution is -0.202. The van der Waals surface area contributed by atoms with Gasteiger partial charge in [0.05, 0.1) is 0 Å². The molecule has 0 saturated heterocycles. The van der Waals surface area contributed by atoms with Crippen LogP contribution < -0.4 is 0 Å². The van der Waals surface area contributed by atoms with E-state index in [1.54, 1.807) is 0 Å². The number of carbonyl (C=O) groups is 1. The Hall–Kier alpha value is -0.780. The molecule has 1 unspecified atom stereocenters. The van der Waals surface area contributed by atoms with E-state index in [4.69, 9.17) is 5.11 Å². The van der Waals surface area contributed by atoms with E-state index in [-0.39, 0.29) is 0 Å². The summed E-state index contributed by atoms with van der Waals surface area (Å²) in [6.07, 6.45) is -5.96. The van der Waals surface area contributed by atoms with Gasteiger partial charge < -0.3 is 9.84 Å². The van der Waals surface area contributed by atoms with Crippen LogP contribution in [0.4, 0.5) is 13.2 Å². The minimum absolute atomic E-state index is 0.864. The molecule has 0 aliphatic carbocycles. The van der Waals surface area contributed by atoms with E-state index < -0.39 is 30.3 Å². The van der Waals surface area contributed by atoms with Gasteiger partial charge in [0.25, 0.3) is 0 Å². The smallest absolute Gasteiger partial charge is 0.411 e. The standard InChI is InChI=1S/C8H13F3O3/c1-7(2,3)5(6(12)13)14-4-8(9,10)11/h5H,4H2,1-3H3,(H,12,13). The molecular formula is C8H13F3O3. The Morgan fingerprint density at radius 1 is 1.36 bits per heavy atom. The lowest BCUT2D eigenvalue weighted by Gasteiger charge is -2.27. The summed E-state index contributed by atoms with van der Waals surface area (Å²) in [5.74, 6) is -1.39. The summed E-state index contributed by atoms with van der Waals surface area (Å²) >= 11 is 0. The second-order valence-electron chi connectivity index (χ2n) is 4.01. The Bertz CT molecular complexity index is 205. The van der Waals surface area contributed by atoms with Gasteiger partial charge in [0, 0.05) is 0 Å². The van der Waals surface area contributed by atoms with Gasteiger partial charge >= 0.3 is 12.1 Å². The molecule has 6 heteroatoms. The maximum absolute atomic E-state index is 11.7. The van der Waals surface area contributed by atoms with Crippen molar-refractivity contribution in [2.45, 2.75) is 33.1 Å². The third kappa shape index (κ3) is 5.06. The van der Waals surface area contributed by atoms with Crippen molar-refractivity contribution in [3.63, 3.8) is 0 Å². The normalized spacial score (nSPS) is 15.3. The van der Waals surface area contributed by atoms with Crippen molar-refractivity contribution in [2.24, 2.45) is 5.41 Å². The first-order valence-electron chi connectivity index (χ1n) is 3.95. The Labute approximate surface area is 79.9 Å². The summed E-state index contributed by atoms with van der Waals surface area (Å²) in [5, 5.41) is 8.61. The molecule has 1 N–H and O–H groups in total. The fourth-order valence-electron chi connectivity index (χ4n) is 0.870. The molecule has 0 saturated carbocycles. The third-order valence-electron chi connectivity index (χ3n) is 1.42. The molecule has 84 valence electrons. The van der Waals surface area contributed by atoms with Crippen molar-refractivity contribution in [1.29, 1.82) is 0 Å². The van der Waals surface area contributed by atoms with E-state index in [1.807, 2.05) is 0 Å². The number of carboxylic acid groups (broad SMARTS) is 1. The Morgan fingerprint density at radius 3 is 2.00 bits per heavy atom. The summed E-state index contributed by atoms with van der Waals surface area (Å²) in [6.45, 7) is 2.97. The number of hydrogen-bond acceptors (Lipinski definition) is 2. The van der Waals surface area contributed by atoms with E-state index in [0.717, 1.165) is 0 Å². The van der Waals surface area contributed by atoms with Crippen LogP contribution in [0.15, 0.2) is 0 Å². The van der Waals surface area contributed by atoms with Crippen molar-refractivity contribution >= 4 is 5.97 Å². The van der Waals surface area contributed by atoms with Crippen LogP contribution in [0.3, 0.4) is 0 Å². The quantitative estimate of drug-likeness (QED) is 0.782. The van der Waals surface area contributed by atoms with Crippen LogP contribution in [0.2, 0.25) is 0 Å². The average Bonchev–Trinajstić information content (AvgIpc) is 1.79. The van der Waals surface area contributed by atoms with Crippen molar-refractivity contribution in [3.05, 3.63) is 0 Å². The predicted molar refractivity (Wildman–Crippen MR) is 42.9 cm³/mol. The highest BCUT2D eigenvalue weighted by molar-refractivity contribution is 5.73. The summed E-state index contributed by atoms with van der Waals surface area (Å²) in [4.78, 5) is 10.6. The molecule has 3 nitrogen and oxygen atoms in total. The van der Waals surface area contributed by atoms with E-state index in [9.17, 15) is 18.0 Å². The zero-order valence-corrected chi connectivity index (χ0v) is 8.18. The SMILES string of the molecule is CC(C)(C)C(OCC(F)(F)F)C(=O)O. The van der Waals surface area contributed by atoms with Crippen LogP contribution in [0.5, 0.6) is 0 Å². The molecule has 0 rings (SSSR count). The van der Waals surface area contributed by atoms with E-state index in [1.165, 1.54) is 20.8 Å². The number of halogens is 3. The van der Waals surface area contributed by atoms with Gasteiger partial charge in [-0.1, -0.05) is 20.8 Å². The highest BCUT2D eigenvalue weighted by Crippen LogP contribution is 2.25. The van der Waals surface area contributed by atoms with Crippen LogP contribution in [-0.4, -0.2) is 30.0 Å². The molecule has 1 atom stereocenters. The Balaban J connectivity index is 4.35. The van der Waals surface area contributed by atoms with Crippen molar-refractivity contribution in [1.82, 2.24) is 0 Å². The fourth-order valence-corrected chi connectivity index (χ4v) is 0.870. The summed E-state index contributed by atoms with van der Waals surface area (Å²) in [6, 6.07) is 0. The maximum Gasteiger partial charge on any atom is 0.411 e. The average molecular weight is 214 g/mol. The van der Waals surface area contributed by atoms with Gasteiger partial charge in [-0.25, -0.2) is 4.79 Å². The zero-order valence-electron chi connectivity index (χ0n) is 8.18. The number of carboxylic acids is 1. The van der Waals surface area contributed by atoms with E-state index in [0.29, 0.717) is 0 Å². The van der Waals surface area contributed by atoms with Crippen molar-refractivity contribution in [2.75, 3.05) is 6.61 Å². The molecule has 0 amide bonds. The van der Waals surface area contributed by atoms with Crippen LogP contribution in [0.25, 0.3) is 0 Å². The Kier molecular flexibility index (Phi) is 3.93. The monoisotopic (exact) mass is 214 g/mol. The second-order valence-corrected chi connectivity index (χ2v) is 4.01. The molecule has 0 radical (unpaired) electrons. The number of ether oxygens (including phenoxy) is 1. The largest absolute Gasteiger partial charge is 0.479 e. The first-order chi connectivity index (χ1) is 6.04. The van der Waals surface area contributed by atoms with Gasteiger partial charge in [-0.3, -0.25) is 0 Å². The molecule has 0 aromatic rings. The van der Waals surface area contributed by atoms with Gasteiger partial charge in [0.2, 0.25) is 0 Å². The maximum atomic E-state index is 11.7. The minimum atomic E-state index is -4.50. The molecule has 0 spiro atoms. The molecule has 0 aromatic heterocycles. The topological polar surface area (TPSA) is 46.5 Å². The molecule has 14 heavy (non-hydrogen) atoms. The molecular weight excluding hydrogens is 201 g/mol. The van der Waals surface area contributed by atoms with Crippen LogP contribution in [-0.2, 0) is 9.53 Å². The van der Waals surface area contributed by atoms with Gasteiger partial charge in [-0.15, -0.1) is 0 Å². The zero-order chi connectivity index (χ0) is 11.6. The molecule has 0 aliphatic rings. The number of alkyl halides is 3. The second kappa shape index (κ2) is 4.16. The number of hydrogen-bond donors (Lipinski definition) is 1. The highest BCUT2D eigenvalue weighted by atomic mass is 19.4. The Morgan fingerprint density at radius 2 is 1.79 bits per heavy atom. The first kappa shape index (κ1) is 13.2. The number of aliphatic carboxylic acids is 1. The highest BCUT2D eigenvalue weighted by Gasteiger charge is 2.37. The van der Waals surface area contributed by atoms with Crippen molar-refractivity contribution in [3.8, 4) is 0 Å². The molecule has 0 aromatic carbocycles. The van der Waals surface area contributed by atoms with E-state index in [2.05, 4.69) is 4.74 Å².